The number of methoxy groups -OCH3 is 1. The van der Waals surface area contributed by atoms with Crippen LogP contribution in [0.3, 0.4) is 0 Å². The van der Waals surface area contributed by atoms with Gasteiger partial charge in [-0.25, -0.2) is 0 Å². The zero-order valence-electron chi connectivity index (χ0n) is 15.1. The van der Waals surface area contributed by atoms with Crippen LogP contribution in [0.25, 0.3) is 0 Å². The molecule has 136 valence electrons. The Hall–Kier alpha value is -1.39. The maximum absolute atomic E-state index is 12.9. The molecule has 0 bridgehead atoms. The van der Waals surface area contributed by atoms with Gasteiger partial charge in [-0.05, 0) is 49.5 Å². The Kier molecular flexibility index (Phi) is 5.09. The number of benzene rings is 1. The van der Waals surface area contributed by atoms with E-state index in [1.165, 1.54) is 5.56 Å². The van der Waals surface area contributed by atoms with Crippen molar-refractivity contribution in [3.63, 3.8) is 0 Å². The lowest BCUT2D eigenvalue weighted by Crippen LogP contribution is -2.57. The van der Waals surface area contributed by atoms with E-state index in [0.29, 0.717) is 30.8 Å². The van der Waals surface area contributed by atoms with Gasteiger partial charge in [-0.3, -0.25) is 4.79 Å². The fraction of sp³-hybridized carbons (Fsp3) is 0.667. The van der Waals surface area contributed by atoms with E-state index >= 15 is 0 Å². The molecule has 1 aromatic carbocycles. The van der Waals surface area contributed by atoms with Crippen molar-refractivity contribution in [2.75, 3.05) is 20.3 Å². The number of fused-ring (bicyclic) bond motifs is 1. The molecule has 2 saturated carbocycles. The van der Waals surface area contributed by atoms with Crippen LogP contribution < -0.4 is 0 Å². The second-order valence-electron chi connectivity index (χ2n) is 7.88. The lowest BCUT2D eigenvalue weighted by Gasteiger charge is -2.46. The zero-order valence-corrected chi connectivity index (χ0v) is 15.1. The van der Waals surface area contributed by atoms with Crippen LogP contribution in [0, 0.1) is 5.92 Å². The molecule has 1 saturated heterocycles. The Morgan fingerprint density at radius 1 is 1.20 bits per heavy atom. The van der Waals surface area contributed by atoms with Crippen LogP contribution in [-0.2, 0) is 14.3 Å². The zero-order chi connectivity index (χ0) is 17.2. The van der Waals surface area contributed by atoms with Gasteiger partial charge in [0.05, 0.1) is 24.9 Å². The van der Waals surface area contributed by atoms with Gasteiger partial charge in [0, 0.05) is 20.1 Å². The smallest absolute Gasteiger partial charge is 0.223 e. The van der Waals surface area contributed by atoms with Crippen molar-refractivity contribution < 1.29 is 14.3 Å². The van der Waals surface area contributed by atoms with Crippen LogP contribution in [0.1, 0.15) is 50.0 Å². The van der Waals surface area contributed by atoms with Crippen molar-refractivity contribution in [3.05, 3.63) is 35.9 Å². The summed E-state index contributed by atoms with van der Waals surface area (Å²) in [5.41, 5.74) is 1.42. The molecule has 0 N–H and O–H groups in total. The minimum Gasteiger partial charge on any atom is -0.381 e. The quantitative estimate of drug-likeness (QED) is 0.841. The summed E-state index contributed by atoms with van der Waals surface area (Å²) >= 11 is 0. The first-order valence-electron chi connectivity index (χ1n) is 9.73. The Labute approximate surface area is 150 Å². The first kappa shape index (κ1) is 17.0. The fourth-order valence-corrected chi connectivity index (χ4v) is 4.86. The molecule has 1 aromatic rings. The van der Waals surface area contributed by atoms with Gasteiger partial charge < -0.3 is 14.4 Å². The Bertz CT molecular complexity index is 584. The number of rotatable bonds is 4. The van der Waals surface area contributed by atoms with E-state index in [9.17, 15) is 4.79 Å². The highest BCUT2D eigenvalue weighted by Crippen LogP contribution is 2.43. The lowest BCUT2D eigenvalue weighted by atomic mass is 9.70. The average molecular weight is 343 g/mol. The largest absolute Gasteiger partial charge is 0.381 e. The highest BCUT2D eigenvalue weighted by Gasteiger charge is 2.41. The summed E-state index contributed by atoms with van der Waals surface area (Å²) in [6, 6.07) is 10.9. The summed E-state index contributed by atoms with van der Waals surface area (Å²) in [5, 5.41) is 0. The van der Waals surface area contributed by atoms with E-state index in [-0.39, 0.29) is 18.2 Å². The molecule has 1 amide bonds. The van der Waals surface area contributed by atoms with Crippen LogP contribution in [0.4, 0.5) is 0 Å². The molecule has 0 unspecified atom stereocenters. The predicted molar refractivity (Wildman–Crippen MR) is 96.4 cm³/mol. The number of carbonyl (C=O) groups is 1. The van der Waals surface area contributed by atoms with Crippen LogP contribution in [0.5, 0.6) is 0 Å². The normalized spacial score (nSPS) is 34.9. The third-order valence-corrected chi connectivity index (χ3v) is 6.39. The second-order valence-corrected chi connectivity index (χ2v) is 7.88. The molecule has 0 radical (unpaired) electrons. The van der Waals surface area contributed by atoms with Gasteiger partial charge in [-0.15, -0.1) is 0 Å². The molecular formula is C21H29NO3. The van der Waals surface area contributed by atoms with Gasteiger partial charge in [-0.2, -0.15) is 0 Å². The number of hydrogen-bond acceptors (Lipinski definition) is 3. The number of hydrogen-bond donors (Lipinski definition) is 0. The molecule has 25 heavy (non-hydrogen) atoms. The summed E-state index contributed by atoms with van der Waals surface area (Å²) < 4.78 is 11.5. The molecule has 3 fully saturated rings. The van der Waals surface area contributed by atoms with Gasteiger partial charge in [0.25, 0.3) is 0 Å². The molecule has 1 heterocycles. The number of morpholine rings is 1. The number of ether oxygens (including phenoxy) is 2. The van der Waals surface area contributed by atoms with Crippen molar-refractivity contribution in [2.45, 2.75) is 62.7 Å². The summed E-state index contributed by atoms with van der Waals surface area (Å²) in [7, 11) is 1.78. The number of amides is 1. The van der Waals surface area contributed by atoms with Crippen LogP contribution in [0.15, 0.2) is 30.3 Å². The molecule has 0 spiro atoms. The molecule has 0 aromatic heterocycles. The first-order chi connectivity index (χ1) is 12.2. The summed E-state index contributed by atoms with van der Waals surface area (Å²) in [6.45, 7) is 1.42. The third-order valence-electron chi connectivity index (χ3n) is 6.39. The standard InChI is InChI=1S/C21H29NO3/c1-24-18-7-8-20-19(14-18)22(9-10-25-20)21(23)13-15-11-17(12-15)16-5-3-2-4-6-16/h2-6,15,17-20H,7-14H2,1H3/t15?,17?,18-,19-,20-/m1/s1. The highest BCUT2D eigenvalue weighted by molar-refractivity contribution is 5.77. The summed E-state index contributed by atoms with van der Waals surface area (Å²) in [6.07, 6.45) is 6.44. The van der Waals surface area contributed by atoms with Crippen molar-refractivity contribution >= 4 is 5.91 Å². The molecule has 3 aliphatic rings. The van der Waals surface area contributed by atoms with Crippen molar-refractivity contribution in [1.82, 2.24) is 4.90 Å². The summed E-state index contributed by atoms with van der Waals surface area (Å²) in [4.78, 5) is 15.0. The van der Waals surface area contributed by atoms with Crippen LogP contribution >= 0.6 is 0 Å². The summed E-state index contributed by atoms with van der Waals surface area (Å²) in [5.74, 6) is 1.51. The SMILES string of the molecule is CO[C@@H]1CC[C@H]2OCCN(C(=O)CC3CC(c4ccccc4)C3)[C@@H]2C1. The first-order valence-corrected chi connectivity index (χ1v) is 9.73. The third kappa shape index (κ3) is 3.61. The maximum atomic E-state index is 12.9. The van der Waals surface area contributed by atoms with E-state index in [0.717, 1.165) is 38.6 Å². The minimum atomic E-state index is 0.211. The van der Waals surface area contributed by atoms with E-state index in [1.54, 1.807) is 7.11 Å². The van der Waals surface area contributed by atoms with E-state index < -0.39 is 0 Å². The Balaban J connectivity index is 1.32. The Morgan fingerprint density at radius 2 is 2.00 bits per heavy atom. The molecule has 3 atom stereocenters. The van der Waals surface area contributed by atoms with Gasteiger partial charge in [0.2, 0.25) is 5.91 Å². The van der Waals surface area contributed by atoms with Gasteiger partial charge in [0.1, 0.15) is 0 Å². The van der Waals surface area contributed by atoms with E-state index in [2.05, 4.69) is 35.2 Å². The second kappa shape index (κ2) is 7.46. The van der Waals surface area contributed by atoms with Gasteiger partial charge in [-0.1, -0.05) is 30.3 Å². The Morgan fingerprint density at radius 3 is 2.76 bits per heavy atom. The van der Waals surface area contributed by atoms with Gasteiger partial charge in [0.15, 0.2) is 0 Å². The van der Waals surface area contributed by atoms with Gasteiger partial charge >= 0.3 is 0 Å². The molecule has 2 aliphatic carbocycles. The lowest BCUT2D eigenvalue weighted by molar-refractivity contribution is -0.156. The van der Waals surface area contributed by atoms with Crippen molar-refractivity contribution in [1.29, 1.82) is 0 Å². The predicted octanol–water partition coefficient (Wildman–Crippen LogP) is 3.37. The molecule has 4 nitrogen and oxygen atoms in total. The van der Waals surface area contributed by atoms with Crippen LogP contribution in [-0.4, -0.2) is 49.3 Å². The fourth-order valence-electron chi connectivity index (χ4n) is 4.86. The number of nitrogens with zero attached hydrogens (tertiary/aromatic N) is 1. The number of carbonyl (C=O) groups excluding carboxylic acids is 1. The van der Waals surface area contributed by atoms with Crippen molar-refractivity contribution in [3.8, 4) is 0 Å². The monoisotopic (exact) mass is 343 g/mol. The van der Waals surface area contributed by atoms with Crippen LogP contribution in [0.2, 0.25) is 0 Å². The minimum absolute atomic E-state index is 0.211. The highest BCUT2D eigenvalue weighted by atomic mass is 16.5. The van der Waals surface area contributed by atoms with E-state index in [4.69, 9.17) is 9.47 Å². The average Bonchev–Trinajstić information content (AvgIpc) is 2.63. The molecule has 4 rings (SSSR count). The molecule has 1 aliphatic heterocycles. The topological polar surface area (TPSA) is 38.8 Å². The maximum Gasteiger partial charge on any atom is 0.223 e. The molecular weight excluding hydrogens is 314 g/mol. The van der Waals surface area contributed by atoms with Crippen molar-refractivity contribution in [2.24, 2.45) is 5.92 Å². The molecule has 4 heteroatoms. The van der Waals surface area contributed by atoms with E-state index in [1.807, 2.05) is 0 Å².